The summed E-state index contributed by atoms with van der Waals surface area (Å²) >= 11 is 1.97. The Balaban J connectivity index is 2.55. The average Bonchev–Trinajstić information content (AvgIpc) is 2.44. The molecule has 0 unspecified atom stereocenters. The maximum absolute atomic E-state index is 5.36. The van der Waals surface area contributed by atoms with Crippen LogP contribution in [0.3, 0.4) is 0 Å². The molecule has 0 aromatic heterocycles. The Morgan fingerprint density at radius 3 is 2.44 bits per heavy atom. The van der Waals surface area contributed by atoms with Crippen molar-refractivity contribution in [3.8, 4) is 5.75 Å². The zero-order valence-corrected chi connectivity index (χ0v) is 12.8. The lowest BCUT2D eigenvalue weighted by atomic mass is 10.0. The summed E-state index contributed by atoms with van der Waals surface area (Å²) in [5.41, 5.74) is 1.22. The van der Waals surface area contributed by atoms with Crippen LogP contribution in [0.1, 0.15) is 32.3 Å². The van der Waals surface area contributed by atoms with Gasteiger partial charge in [0.2, 0.25) is 0 Å². The van der Waals surface area contributed by atoms with E-state index in [0.29, 0.717) is 4.75 Å². The van der Waals surface area contributed by atoms with Crippen LogP contribution in [-0.2, 0) is 6.54 Å². The molecule has 0 saturated heterocycles. The molecule has 0 aliphatic rings. The van der Waals surface area contributed by atoms with E-state index in [1.54, 1.807) is 7.11 Å². The Labute approximate surface area is 116 Å². The molecule has 1 aromatic rings. The first-order valence-electron chi connectivity index (χ1n) is 6.59. The highest BCUT2D eigenvalue weighted by atomic mass is 32.2. The van der Waals surface area contributed by atoms with E-state index in [4.69, 9.17) is 4.74 Å². The molecule has 0 bridgehead atoms. The molecule has 0 atom stereocenters. The first-order valence-corrected chi connectivity index (χ1v) is 7.81. The monoisotopic (exact) mass is 267 g/mol. The Bertz CT molecular complexity index is 342. The predicted molar refractivity (Wildman–Crippen MR) is 81.5 cm³/mol. The van der Waals surface area contributed by atoms with Crippen molar-refractivity contribution in [3.63, 3.8) is 0 Å². The normalized spacial score (nSPS) is 11.6. The molecule has 0 saturated carbocycles. The summed E-state index contributed by atoms with van der Waals surface area (Å²) in [6.45, 7) is 6.45. The van der Waals surface area contributed by atoms with Crippen LogP contribution in [-0.4, -0.2) is 24.7 Å². The van der Waals surface area contributed by atoms with Gasteiger partial charge >= 0.3 is 0 Å². The van der Waals surface area contributed by atoms with Gasteiger partial charge in [0.15, 0.2) is 0 Å². The molecule has 1 aromatic carbocycles. The SMILES string of the molecule is CCC(CC)(CNCc1ccccc1OC)SC. The van der Waals surface area contributed by atoms with Crippen LogP contribution in [0.25, 0.3) is 0 Å². The van der Waals surface area contributed by atoms with Crippen LogP contribution in [0.5, 0.6) is 5.75 Å². The van der Waals surface area contributed by atoms with Crippen molar-refractivity contribution in [1.29, 1.82) is 0 Å². The van der Waals surface area contributed by atoms with Crippen molar-refractivity contribution in [2.24, 2.45) is 0 Å². The molecule has 0 amide bonds. The van der Waals surface area contributed by atoms with E-state index in [2.05, 4.69) is 37.6 Å². The van der Waals surface area contributed by atoms with Crippen molar-refractivity contribution >= 4 is 11.8 Å². The van der Waals surface area contributed by atoms with Gasteiger partial charge in [0.1, 0.15) is 5.75 Å². The summed E-state index contributed by atoms with van der Waals surface area (Å²) in [7, 11) is 1.73. The third kappa shape index (κ3) is 3.92. The third-order valence-corrected chi connectivity index (χ3v) is 5.26. The van der Waals surface area contributed by atoms with Crippen LogP contribution in [0.4, 0.5) is 0 Å². The summed E-state index contributed by atoms with van der Waals surface area (Å²) in [5, 5.41) is 3.57. The Kier molecular flexibility index (Phi) is 6.58. The summed E-state index contributed by atoms with van der Waals surface area (Å²) in [6, 6.07) is 8.19. The average molecular weight is 267 g/mol. The number of para-hydroxylation sites is 1. The highest BCUT2D eigenvalue weighted by Crippen LogP contribution is 2.29. The Morgan fingerprint density at radius 2 is 1.89 bits per heavy atom. The topological polar surface area (TPSA) is 21.3 Å². The minimum absolute atomic E-state index is 0.363. The van der Waals surface area contributed by atoms with E-state index in [-0.39, 0.29) is 0 Å². The Morgan fingerprint density at radius 1 is 1.22 bits per heavy atom. The molecule has 1 N–H and O–H groups in total. The number of nitrogens with one attached hydrogen (secondary N) is 1. The molecule has 102 valence electrons. The van der Waals surface area contributed by atoms with Crippen LogP contribution >= 0.6 is 11.8 Å². The maximum Gasteiger partial charge on any atom is 0.123 e. The number of ether oxygens (including phenoxy) is 1. The highest BCUT2D eigenvalue weighted by molar-refractivity contribution is 8.00. The van der Waals surface area contributed by atoms with Gasteiger partial charge in [-0.15, -0.1) is 0 Å². The molecule has 3 heteroatoms. The quantitative estimate of drug-likeness (QED) is 0.776. The van der Waals surface area contributed by atoms with Crippen molar-refractivity contribution in [2.75, 3.05) is 19.9 Å². The predicted octanol–water partition coefficient (Wildman–Crippen LogP) is 3.71. The molecule has 0 aliphatic carbocycles. The molecule has 18 heavy (non-hydrogen) atoms. The summed E-state index contributed by atoms with van der Waals surface area (Å²) in [4.78, 5) is 0. The second-order valence-electron chi connectivity index (χ2n) is 4.51. The summed E-state index contributed by atoms with van der Waals surface area (Å²) < 4.78 is 5.72. The molecule has 0 heterocycles. The van der Waals surface area contributed by atoms with Crippen LogP contribution in [0, 0.1) is 0 Å². The molecule has 2 nitrogen and oxygen atoms in total. The minimum atomic E-state index is 0.363. The lowest BCUT2D eigenvalue weighted by Crippen LogP contribution is -2.36. The zero-order chi connectivity index (χ0) is 13.4. The van der Waals surface area contributed by atoms with Crippen molar-refractivity contribution in [2.45, 2.75) is 38.0 Å². The molecule has 0 spiro atoms. The van der Waals surface area contributed by atoms with Gasteiger partial charge in [0.25, 0.3) is 0 Å². The van der Waals surface area contributed by atoms with Gasteiger partial charge in [-0.25, -0.2) is 0 Å². The molecular formula is C15H25NOS. The van der Waals surface area contributed by atoms with Gasteiger partial charge in [0.05, 0.1) is 7.11 Å². The van der Waals surface area contributed by atoms with Gasteiger partial charge in [-0.1, -0.05) is 32.0 Å². The van der Waals surface area contributed by atoms with E-state index >= 15 is 0 Å². The molecular weight excluding hydrogens is 242 g/mol. The van der Waals surface area contributed by atoms with Gasteiger partial charge in [-0.2, -0.15) is 11.8 Å². The van der Waals surface area contributed by atoms with Gasteiger partial charge in [-0.05, 0) is 25.2 Å². The van der Waals surface area contributed by atoms with Gasteiger partial charge in [-0.3, -0.25) is 0 Å². The molecule has 0 fully saturated rings. The number of hydrogen-bond donors (Lipinski definition) is 1. The second-order valence-corrected chi connectivity index (χ2v) is 5.78. The highest BCUT2D eigenvalue weighted by Gasteiger charge is 2.24. The fraction of sp³-hybridized carbons (Fsp3) is 0.600. The van der Waals surface area contributed by atoms with Crippen molar-refractivity contribution < 1.29 is 4.74 Å². The first-order chi connectivity index (χ1) is 8.71. The molecule has 0 aliphatic heterocycles. The number of rotatable bonds is 8. The van der Waals surface area contributed by atoms with E-state index in [0.717, 1.165) is 18.8 Å². The number of benzene rings is 1. The number of methoxy groups -OCH3 is 1. The lowest BCUT2D eigenvalue weighted by Gasteiger charge is -2.30. The lowest BCUT2D eigenvalue weighted by molar-refractivity contribution is 0.406. The van der Waals surface area contributed by atoms with Crippen molar-refractivity contribution in [3.05, 3.63) is 29.8 Å². The van der Waals surface area contributed by atoms with E-state index in [1.807, 2.05) is 23.9 Å². The zero-order valence-electron chi connectivity index (χ0n) is 12.0. The fourth-order valence-electron chi connectivity index (χ4n) is 2.13. The summed E-state index contributed by atoms with van der Waals surface area (Å²) in [6.07, 6.45) is 4.60. The van der Waals surface area contributed by atoms with E-state index in [1.165, 1.54) is 18.4 Å². The molecule has 1 rings (SSSR count). The third-order valence-electron chi connectivity index (χ3n) is 3.68. The van der Waals surface area contributed by atoms with Crippen LogP contribution < -0.4 is 10.1 Å². The number of hydrogen-bond acceptors (Lipinski definition) is 3. The fourth-order valence-corrected chi connectivity index (χ4v) is 2.96. The second kappa shape index (κ2) is 7.70. The summed E-state index contributed by atoms with van der Waals surface area (Å²) in [5.74, 6) is 0.966. The number of thioether (sulfide) groups is 1. The van der Waals surface area contributed by atoms with E-state index < -0.39 is 0 Å². The first kappa shape index (κ1) is 15.4. The largest absolute Gasteiger partial charge is 0.496 e. The molecule has 0 radical (unpaired) electrons. The van der Waals surface area contributed by atoms with Crippen LogP contribution in [0.15, 0.2) is 24.3 Å². The van der Waals surface area contributed by atoms with E-state index in [9.17, 15) is 0 Å². The van der Waals surface area contributed by atoms with Gasteiger partial charge < -0.3 is 10.1 Å². The standard InChI is InChI=1S/C15H25NOS/c1-5-15(6-2,18-4)12-16-11-13-9-7-8-10-14(13)17-3/h7-10,16H,5-6,11-12H2,1-4H3. The minimum Gasteiger partial charge on any atom is -0.496 e. The van der Waals surface area contributed by atoms with Crippen LogP contribution in [0.2, 0.25) is 0 Å². The smallest absolute Gasteiger partial charge is 0.123 e. The maximum atomic E-state index is 5.36. The van der Waals surface area contributed by atoms with Gasteiger partial charge in [0, 0.05) is 23.4 Å². The van der Waals surface area contributed by atoms with Crippen molar-refractivity contribution in [1.82, 2.24) is 5.32 Å². The Hall–Kier alpha value is -0.670.